The maximum Gasteiger partial charge on any atom is 0.0805 e. The predicted octanol–water partition coefficient (Wildman–Crippen LogP) is 1.58. The second-order valence-electron chi connectivity index (χ2n) is 3.73. The minimum Gasteiger partial charge on any atom is -0.311 e. The summed E-state index contributed by atoms with van der Waals surface area (Å²) in [6, 6.07) is 2.53. The maximum atomic E-state index is 4.47. The lowest BCUT2D eigenvalue weighted by molar-refractivity contribution is 0.530. The van der Waals surface area contributed by atoms with E-state index in [9.17, 15) is 0 Å². The summed E-state index contributed by atoms with van der Waals surface area (Å²) in [6.07, 6.45) is 4.67. The van der Waals surface area contributed by atoms with Crippen LogP contribution in [0.25, 0.3) is 0 Å². The first-order valence-electron chi connectivity index (χ1n) is 5.09. The van der Waals surface area contributed by atoms with Gasteiger partial charge < -0.3 is 5.32 Å². The molecule has 2 heterocycles. The zero-order chi connectivity index (χ0) is 9.97. The summed E-state index contributed by atoms with van der Waals surface area (Å²) < 4.78 is 1.87. The summed E-state index contributed by atoms with van der Waals surface area (Å²) in [5, 5.41) is 8.55. The van der Waals surface area contributed by atoms with Gasteiger partial charge in [-0.1, -0.05) is 0 Å². The highest BCUT2D eigenvalue weighted by atomic mass is 32.2. The zero-order valence-corrected chi connectivity index (χ0v) is 9.55. The monoisotopic (exact) mass is 211 g/mol. The summed E-state index contributed by atoms with van der Waals surface area (Å²) in [7, 11) is 4.00. The molecule has 4 heteroatoms. The van der Waals surface area contributed by atoms with Crippen LogP contribution < -0.4 is 5.32 Å². The fourth-order valence-electron chi connectivity index (χ4n) is 1.99. The van der Waals surface area contributed by atoms with Crippen molar-refractivity contribution in [3.8, 4) is 0 Å². The first-order valence-corrected chi connectivity index (χ1v) is 6.14. The van der Waals surface area contributed by atoms with Crippen LogP contribution in [0.4, 0.5) is 0 Å². The van der Waals surface area contributed by atoms with Gasteiger partial charge in [0.2, 0.25) is 0 Å². The molecule has 0 bridgehead atoms. The fourth-order valence-corrected chi connectivity index (χ4v) is 3.43. The van der Waals surface area contributed by atoms with E-state index in [1.54, 1.807) is 0 Å². The Kier molecular flexibility index (Phi) is 3.13. The van der Waals surface area contributed by atoms with Gasteiger partial charge in [-0.15, -0.1) is 0 Å². The Bertz CT molecular complexity index is 291. The van der Waals surface area contributed by atoms with Crippen molar-refractivity contribution in [1.82, 2.24) is 15.1 Å². The van der Waals surface area contributed by atoms with E-state index in [2.05, 4.69) is 28.2 Å². The molecular formula is C10H17N3S. The van der Waals surface area contributed by atoms with Gasteiger partial charge in [0.25, 0.3) is 0 Å². The first-order chi connectivity index (χ1) is 6.81. The van der Waals surface area contributed by atoms with Crippen LogP contribution >= 0.6 is 11.8 Å². The number of thioether (sulfide) groups is 1. The fraction of sp³-hybridized carbons (Fsp3) is 0.700. The number of hydrogen-bond acceptors (Lipinski definition) is 3. The second-order valence-corrected chi connectivity index (χ2v) is 5.08. The third-order valence-corrected chi connectivity index (χ3v) is 4.16. The van der Waals surface area contributed by atoms with Gasteiger partial charge in [0.1, 0.15) is 0 Å². The standard InChI is InChI=1S/C10H17N3S/c1-11-10(9-4-3-7-14-9)8-5-6-13(2)12-8/h5-6,9-11H,3-4,7H2,1-2H3. The molecule has 1 aliphatic rings. The van der Waals surface area contributed by atoms with Gasteiger partial charge in [-0.3, -0.25) is 4.68 Å². The normalized spacial score (nSPS) is 24.0. The molecule has 2 atom stereocenters. The lowest BCUT2D eigenvalue weighted by Crippen LogP contribution is -2.26. The van der Waals surface area contributed by atoms with Gasteiger partial charge in [0.15, 0.2) is 0 Å². The Balaban J connectivity index is 2.12. The first kappa shape index (κ1) is 10.1. The second kappa shape index (κ2) is 4.36. The lowest BCUT2D eigenvalue weighted by atomic mass is 10.1. The van der Waals surface area contributed by atoms with Crippen LogP contribution in [0.2, 0.25) is 0 Å². The van der Waals surface area contributed by atoms with Crippen molar-refractivity contribution >= 4 is 11.8 Å². The number of rotatable bonds is 3. The van der Waals surface area contributed by atoms with E-state index in [0.717, 1.165) is 0 Å². The van der Waals surface area contributed by atoms with Gasteiger partial charge >= 0.3 is 0 Å². The molecule has 1 fully saturated rings. The Morgan fingerprint density at radius 1 is 1.71 bits per heavy atom. The van der Waals surface area contributed by atoms with Crippen LogP contribution in [0.1, 0.15) is 24.6 Å². The lowest BCUT2D eigenvalue weighted by Gasteiger charge is -2.20. The molecule has 1 aromatic rings. The molecule has 1 aliphatic heterocycles. The SMILES string of the molecule is CNC(c1ccn(C)n1)C1CCCS1. The van der Waals surface area contributed by atoms with Crippen molar-refractivity contribution in [3.05, 3.63) is 18.0 Å². The van der Waals surface area contributed by atoms with Gasteiger partial charge in [-0.25, -0.2) is 0 Å². The van der Waals surface area contributed by atoms with Crippen molar-refractivity contribution in [2.45, 2.75) is 24.1 Å². The molecule has 0 aliphatic carbocycles. The molecule has 2 unspecified atom stereocenters. The number of hydrogen-bond donors (Lipinski definition) is 1. The maximum absolute atomic E-state index is 4.47. The zero-order valence-electron chi connectivity index (χ0n) is 8.73. The van der Waals surface area contributed by atoms with E-state index >= 15 is 0 Å². The number of nitrogens with zero attached hydrogens (tertiary/aromatic N) is 2. The molecule has 1 N–H and O–H groups in total. The van der Waals surface area contributed by atoms with E-state index < -0.39 is 0 Å². The van der Waals surface area contributed by atoms with Gasteiger partial charge in [-0.05, 0) is 31.7 Å². The van der Waals surface area contributed by atoms with E-state index in [0.29, 0.717) is 11.3 Å². The summed E-state index contributed by atoms with van der Waals surface area (Å²) in [5.41, 5.74) is 1.18. The van der Waals surface area contributed by atoms with Crippen molar-refractivity contribution < 1.29 is 0 Å². The van der Waals surface area contributed by atoms with E-state index in [-0.39, 0.29) is 0 Å². The number of aryl methyl sites for hydroxylation is 1. The van der Waals surface area contributed by atoms with Crippen molar-refractivity contribution in [3.63, 3.8) is 0 Å². The Morgan fingerprint density at radius 3 is 3.07 bits per heavy atom. The molecule has 0 saturated carbocycles. The molecule has 0 aromatic carbocycles. The van der Waals surface area contributed by atoms with Crippen molar-refractivity contribution in [1.29, 1.82) is 0 Å². The highest BCUT2D eigenvalue weighted by Gasteiger charge is 2.27. The summed E-state index contributed by atoms with van der Waals surface area (Å²) in [4.78, 5) is 0. The molecule has 2 rings (SSSR count). The largest absolute Gasteiger partial charge is 0.311 e. The Morgan fingerprint density at radius 2 is 2.57 bits per heavy atom. The van der Waals surface area contributed by atoms with Gasteiger partial charge in [-0.2, -0.15) is 16.9 Å². The Hall–Kier alpha value is -0.480. The van der Waals surface area contributed by atoms with E-state index in [1.165, 1.54) is 24.3 Å². The van der Waals surface area contributed by atoms with Crippen LogP contribution in [-0.4, -0.2) is 27.8 Å². The summed E-state index contributed by atoms with van der Waals surface area (Å²) in [5.74, 6) is 1.30. The molecule has 3 nitrogen and oxygen atoms in total. The van der Waals surface area contributed by atoms with Crippen molar-refractivity contribution in [2.24, 2.45) is 7.05 Å². The molecule has 0 spiro atoms. The average Bonchev–Trinajstić information content (AvgIpc) is 2.79. The molecule has 78 valence electrons. The molecule has 1 aromatic heterocycles. The highest BCUT2D eigenvalue weighted by Crippen LogP contribution is 2.35. The number of nitrogens with one attached hydrogen (secondary N) is 1. The van der Waals surface area contributed by atoms with Crippen LogP contribution in [-0.2, 0) is 7.05 Å². The smallest absolute Gasteiger partial charge is 0.0805 e. The summed E-state index contributed by atoms with van der Waals surface area (Å²) in [6.45, 7) is 0. The van der Waals surface area contributed by atoms with E-state index in [4.69, 9.17) is 0 Å². The quantitative estimate of drug-likeness (QED) is 0.823. The van der Waals surface area contributed by atoms with E-state index in [1.807, 2.05) is 25.0 Å². The topological polar surface area (TPSA) is 29.9 Å². The molecule has 14 heavy (non-hydrogen) atoms. The molecule has 0 amide bonds. The van der Waals surface area contributed by atoms with Crippen LogP contribution in [0.15, 0.2) is 12.3 Å². The van der Waals surface area contributed by atoms with Crippen LogP contribution in [0.5, 0.6) is 0 Å². The molecule has 1 saturated heterocycles. The minimum absolute atomic E-state index is 0.420. The van der Waals surface area contributed by atoms with Crippen molar-refractivity contribution in [2.75, 3.05) is 12.8 Å². The molecular weight excluding hydrogens is 194 g/mol. The average molecular weight is 211 g/mol. The van der Waals surface area contributed by atoms with Crippen LogP contribution in [0, 0.1) is 0 Å². The highest BCUT2D eigenvalue weighted by molar-refractivity contribution is 8.00. The Labute approximate surface area is 89.3 Å². The van der Waals surface area contributed by atoms with Gasteiger partial charge in [0, 0.05) is 18.5 Å². The van der Waals surface area contributed by atoms with Gasteiger partial charge in [0.05, 0.1) is 11.7 Å². The number of aromatic nitrogens is 2. The third kappa shape index (κ3) is 1.96. The predicted molar refractivity (Wildman–Crippen MR) is 60.5 cm³/mol. The molecule has 0 radical (unpaired) electrons. The summed E-state index contributed by atoms with van der Waals surface area (Å²) >= 11 is 2.07. The van der Waals surface area contributed by atoms with Crippen LogP contribution in [0.3, 0.4) is 0 Å². The third-order valence-electron chi connectivity index (χ3n) is 2.70. The minimum atomic E-state index is 0.420.